The van der Waals surface area contributed by atoms with Gasteiger partial charge in [-0.2, -0.15) is 0 Å². The monoisotopic (exact) mass is 316 g/mol. The normalized spacial score (nSPS) is 10.3. The maximum atomic E-state index is 11.7. The molecule has 0 aliphatic heterocycles. The molecule has 1 amide bonds. The molecule has 3 nitrogen and oxygen atoms in total. The standard InChI is InChI=1S/C16H13ClN2OS/c17-13-7-9-14(10-8-13)18-16(21)19-15(20)11-6-12-4-2-1-3-5-12/h1-11H,(H2,18,19,20,21). The van der Waals surface area contributed by atoms with Gasteiger partial charge in [-0.05, 0) is 48.1 Å². The van der Waals surface area contributed by atoms with E-state index in [2.05, 4.69) is 10.6 Å². The van der Waals surface area contributed by atoms with Crippen LogP contribution in [0.25, 0.3) is 6.08 Å². The van der Waals surface area contributed by atoms with Crippen LogP contribution < -0.4 is 10.6 Å². The summed E-state index contributed by atoms with van der Waals surface area (Å²) in [4.78, 5) is 11.7. The van der Waals surface area contributed by atoms with E-state index in [0.29, 0.717) is 5.02 Å². The third-order valence-electron chi connectivity index (χ3n) is 2.57. The fourth-order valence-corrected chi connectivity index (χ4v) is 1.93. The highest BCUT2D eigenvalue weighted by molar-refractivity contribution is 7.80. The number of hydrogen-bond acceptors (Lipinski definition) is 2. The van der Waals surface area contributed by atoms with Crippen molar-refractivity contribution in [1.82, 2.24) is 5.32 Å². The number of anilines is 1. The van der Waals surface area contributed by atoms with E-state index in [1.54, 1.807) is 30.3 Å². The smallest absolute Gasteiger partial charge is 0.250 e. The van der Waals surface area contributed by atoms with Crippen LogP contribution in [0.2, 0.25) is 5.02 Å². The first-order chi connectivity index (χ1) is 10.1. The zero-order chi connectivity index (χ0) is 15.1. The second-order valence-corrected chi connectivity index (χ2v) is 5.04. The molecule has 0 radical (unpaired) electrons. The predicted octanol–water partition coefficient (Wildman–Crippen LogP) is 3.87. The number of amides is 1. The van der Waals surface area contributed by atoms with Gasteiger partial charge in [0.25, 0.3) is 0 Å². The van der Waals surface area contributed by atoms with Crippen LogP contribution in [-0.2, 0) is 4.79 Å². The molecule has 0 saturated heterocycles. The van der Waals surface area contributed by atoms with Crippen molar-refractivity contribution in [2.75, 3.05) is 5.32 Å². The number of nitrogens with one attached hydrogen (secondary N) is 2. The van der Waals surface area contributed by atoms with Gasteiger partial charge in [0.05, 0.1) is 0 Å². The summed E-state index contributed by atoms with van der Waals surface area (Å²) in [5.74, 6) is -0.287. The highest BCUT2D eigenvalue weighted by Gasteiger charge is 2.01. The molecule has 21 heavy (non-hydrogen) atoms. The molecule has 0 saturated carbocycles. The van der Waals surface area contributed by atoms with Gasteiger partial charge in [-0.1, -0.05) is 41.9 Å². The SMILES string of the molecule is O=C(C=Cc1ccccc1)NC(=S)Nc1ccc(Cl)cc1. The Morgan fingerprint density at radius 3 is 2.38 bits per heavy atom. The van der Waals surface area contributed by atoms with Crippen molar-refractivity contribution in [1.29, 1.82) is 0 Å². The predicted molar refractivity (Wildman–Crippen MR) is 91.3 cm³/mol. The van der Waals surface area contributed by atoms with E-state index >= 15 is 0 Å². The van der Waals surface area contributed by atoms with E-state index in [1.807, 2.05) is 30.3 Å². The van der Waals surface area contributed by atoms with Crippen LogP contribution in [0.3, 0.4) is 0 Å². The van der Waals surface area contributed by atoms with Gasteiger partial charge in [0.1, 0.15) is 0 Å². The van der Waals surface area contributed by atoms with Gasteiger partial charge in [-0.3, -0.25) is 10.1 Å². The lowest BCUT2D eigenvalue weighted by Gasteiger charge is -2.07. The van der Waals surface area contributed by atoms with E-state index in [9.17, 15) is 4.79 Å². The second kappa shape index (κ2) is 7.57. The summed E-state index contributed by atoms with van der Waals surface area (Å²) in [6.45, 7) is 0. The highest BCUT2D eigenvalue weighted by atomic mass is 35.5. The van der Waals surface area contributed by atoms with Crippen molar-refractivity contribution in [2.45, 2.75) is 0 Å². The lowest BCUT2D eigenvalue weighted by atomic mass is 10.2. The number of halogens is 1. The van der Waals surface area contributed by atoms with E-state index in [-0.39, 0.29) is 11.0 Å². The molecule has 0 aliphatic carbocycles. The van der Waals surface area contributed by atoms with E-state index in [1.165, 1.54) is 6.08 Å². The Hall–Kier alpha value is -2.17. The van der Waals surface area contributed by atoms with Crippen LogP contribution in [0.15, 0.2) is 60.7 Å². The number of hydrogen-bond donors (Lipinski definition) is 2. The summed E-state index contributed by atoms with van der Waals surface area (Å²) in [7, 11) is 0. The fourth-order valence-electron chi connectivity index (χ4n) is 1.59. The van der Waals surface area contributed by atoms with Crippen LogP contribution in [-0.4, -0.2) is 11.0 Å². The van der Waals surface area contributed by atoms with Crippen LogP contribution >= 0.6 is 23.8 Å². The van der Waals surface area contributed by atoms with Crippen molar-refractivity contribution < 1.29 is 4.79 Å². The molecule has 0 bridgehead atoms. The van der Waals surface area contributed by atoms with Crippen LogP contribution in [0.4, 0.5) is 5.69 Å². The largest absolute Gasteiger partial charge is 0.332 e. The summed E-state index contributed by atoms with van der Waals surface area (Å²) in [5.41, 5.74) is 1.71. The van der Waals surface area contributed by atoms with Gasteiger partial charge >= 0.3 is 0 Å². The Morgan fingerprint density at radius 1 is 1.05 bits per heavy atom. The third kappa shape index (κ3) is 5.38. The third-order valence-corrected chi connectivity index (χ3v) is 3.02. The Bertz CT molecular complexity index is 654. The Balaban J connectivity index is 1.86. The lowest BCUT2D eigenvalue weighted by Crippen LogP contribution is -2.32. The zero-order valence-electron chi connectivity index (χ0n) is 11.0. The van der Waals surface area contributed by atoms with Gasteiger partial charge in [-0.15, -0.1) is 0 Å². The lowest BCUT2D eigenvalue weighted by molar-refractivity contribution is -0.115. The molecule has 0 aromatic heterocycles. The van der Waals surface area contributed by atoms with Gasteiger partial charge in [0.15, 0.2) is 5.11 Å². The molecule has 2 aromatic rings. The average Bonchev–Trinajstić information content (AvgIpc) is 2.48. The number of thiocarbonyl (C=S) groups is 1. The Kier molecular flexibility index (Phi) is 5.49. The first-order valence-corrected chi connectivity index (χ1v) is 7.03. The molecule has 0 spiro atoms. The quantitative estimate of drug-likeness (QED) is 0.667. The van der Waals surface area contributed by atoms with Crippen molar-refractivity contribution in [3.63, 3.8) is 0 Å². The summed E-state index contributed by atoms with van der Waals surface area (Å²) in [5, 5.41) is 6.36. The van der Waals surface area contributed by atoms with E-state index in [0.717, 1.165) is 11.3 Å². The highest BCUT2D eigenvalue weighted by Crippen LogP contribution is 2.13. The summed E-state index contributed by atoms with van der Waals surface area (Å²) < 4.78 is 0. The average molecular weight is 317 g/mol. The fraction of sp³-hybridized carbons (Fsp3) is 0. The van der Waals surface area contributed by atoms with Gasteiger partial charge in [0, 0.05) is 16.8 Å². The molecule has 0 unspecified atom stereocenters. The minimum absolute atomic E-state index is 0.236. The van der Waals surface area contributed by atoms with Crippen LogP contribution in [0, 0.1) is 0 Å². The Labute approximate surface area is 133 Å². The van der Waals surface area contributed by atoms with Crippen molar-refractivity contribution in [3.8, 4) is 0 Å². The number of carbonyl (C=O) groups is 1. The minimum Gasteiger partial charge on any atom is -0.332 e. The number of benzene rings is 2. The van der Waals surface area contributed by atoms with Crippen LogP contribution in [0.5, 0.6) is 0 Å². The summed E-state index contributed by atoms with van der Waals surface area (Å²) >= 11 is 10.9. The van der Waals surface area contributed by atoms with Crippen LogP contribution in [0.1, 0.15) is 5.56 Å². The molecule has 2 aromatic carbocycles. The van der Waals surface area contributed by atoms with Crippen molar-refractivity contribution in [2.24, 2.45) is 0 Å². The second-order valence-electron chi connectivity index (χ2n) is 4.19. The molecule has 0 aliphatic rings. The van der Waals surface area contributed by atoms with Crippen molar-refractivity contribution >= 4 is 46.6 Å². The first kappa shape index (κ1) is 15.2. The molecule has 106 valence electrons. The molecule has 2 N–H and O–H groups in total. The summed E-state index contributed by atoms with van der Waals surface area (Å²) in [6, 6.07) is 16.6. The topological polar surface area (TPSA) is 41.1 Å². The zero-order valence-corrected chi connectivity index (χ0v) is 12.6. The molecule has 2 rings (SSSR count). The van der Waals surface area contributed by atoms with E-state index < -0.39 is 0 Å². The molecule has 0 atom stereocenters. The van der Waals surface area contributed by atoms with E-state index in [4.69, 9.17) is 23.8 Å². The maximum Gasteiger partial charge on any atom is 0.250 e. The molecule has 0 fully saturated rings. The molecule has 5 heteroatoms. The number of rotatable bonds is 3. The Morgan fingerprint density at radius 2 is 1.71 bits per heavy atom. The van der Waals surface area contributed by atoms with Crippen molar-refractivity contribution in [3.05, 3.63) is 71.3 Å². The van der Waals surface area contributed by atoms with Gasteiger partial charge in [-0.25, -0.2) is 0 Å². The molecule has 0 heterocycles. The first-order valence-electron chi connectivity index (χ1n) is 6.24. The van der Waals surface area contributed by atoms with Gasteiger partial charge < -0.3 is 5.32 Å². The van der Waals surface area contributed by atoms with Gasteiger partial charge in [0.2, 0.25) is 5.91 Å². The molecular weight excluding hydrogens is 304 g/mol. The molecular formula is C16H13ClN2OS. The maximum absolute atomic E-state index is 11.7. The summed E-state index contributed by atoms with van der Waals surface area (Å²) in [6.07, 6.45) is 3.16. The minimum atomic E-state index is -0.287. The number of carbonyl (C=O) groups excluding carboxylic acids is 1.